The van der Waals surface area contributed by atoms with Crippen molar-refractivity contribution in [1.29, 1.82) is 0 Å². The van der Waals surface area contributed by atoms with Gasteiger partial charge in [-0.3, -0.25) is 0 Å². The molecule has 0 aromatic carbocycles. The molecule has 0 unspecified atom stereocenters. The van der Waals surface area contributed by atoms with Crippen LogP contribution in [0.1, 0.15) is 13.8 Å². The van der Waals surface area contributed by atoms with Crippen LogP contribution in [0.4, 0.5) is 5.82 Å². The predicted octanol–water partition coefficient (Wildman–Crippen LogP) is -0.666. The smallest absolute Gasteiger partial charge is 0.358 e. The molecule has 1 aromatic rings. The van der Waals surface area contributed by atoms with E-state index in [2.05, 4.69) is 9.82 Å². The van der Waals surface area contributed by atoms with Crippen molar-refractivity contribution in [3.63, 3.8) is 0 Å². The normalized spacial score (nSPS) is 12.6. The van der Waals surface area contributed by atoms with Crippen molar-refractivity contribution >= 4 is 15.8 Å². The quantitative estimate of drug-likeness (QED) is 0.474. The first kappa shape index (κ1) is 13.5. The molecule has 1 heterocycles. The minimum atomic E-state index is -3.99. The number of hydrogen-bond acceptors (Lipinski definition) is 6. The Balaban J connectivity index is 2.98. The van der Waals surface area contributed by atoms with Crippen molar-refractivity contribution in [2.24, 2.45) is 5.73 Å². The van der Waals surface area contributed by atoms with Crippen LogP contribution in [-0.2, 0) is 10.0 Å². The van der Waals surface area contributed by atoms with Gasteiger partial charge in [-0.1, -0.05) is 5.10 Å². The lowest BCUT2D eigenvalue weighted by Gasteiger charge is -2.18. The lowest BCUT2D eigenvalue weighted by Crippen LogP contribution is -2.45. The molecule has 0 aliphatic heterocycles. The van der Waals surface area contributed by atoms with Crippen molar-refractivity contribution in [3.8, 4) is 0 Å². The van der Waals surface area contributed by atoms with Gasteiger partial charge in [-0.05, 0) is 18.8 Å². The van der Waals surface area contributed by atoms with Gasteiger partial charge in [-0.2, -0.15) is 0 Å². The third-order valence-corrected chi connectivity index (χ3v) is 3.18. The number of rotatable bonds is 5. The summed E-state index contributed by atoms with van der Waals surface area (Å²) in [6.07, 6.45) is 0.879. The molecule has 0 aliphatic carbocycles. The van der Waals surface area contributed by atoms with Crippen LogP contribution in [0, 0.1) is 10.1 Å². The molecule has 0 radical (unpaired) electrons. The standard InChI is InChI=1S/C7H13N5O4S/c1-7(2,8)4-10-17(15,16)5-3-9-11-6(5)12(13)14/h3,10H,4,8H2,1-2H3,(H,9,11). The summed E-state index contributed by atoms with van der Waals surface area (Å²) in [6, 6.07) is 0. The van der Waals surface area contributed by atoms with Crippen LogP contribution < -0.4 is 10.5 Å². The van der Waals surface area contributed by atoms with Crippen LogP contribution in [0.15, 0.2) is 11.1 Å². The number of aromatic amines is 1. The highest BCUT2D eigenvalue weighted by molar-refractivity contribution is 7.89. The van der Waals surface area contributed by atoms with Crippen LogP contribution in [0.2, 0.25) is 0 Å². The van der Waals surface area contributed by atoms with E-state index >= 15 is 0 Å². The summed E-state index contributed by atoms with van der Waals surface area (Å²) in [4.78, 5) is 9.19. The zero-order valence-corrected chi connectivity index (χ0v) is 10.1. The maximum atomic E-state index is 11.7. The summed E-state index contributed by atoms with van der Waals surface area (Å²) in [5.41, 5.74) is 4.85. The van der Waals surface area contributed by atoms with E-state index in [1.165, 1.54) is 0 Å². The SMILES string of the molecule is CC(C)(N)CNS(=O)(=O)c1cn[nH]c1[N+](=O)[O-]. The third kappa shape index (κ3) is 3.47. The zero-order valence-electron chi connectivity index (χ0n) is 9.30. The lowest BCUT2D eigenvalue weighted by molar-refractivity contribution is -0.392. The molecule has 0 aliphatic rings. The number of H-pyrrole nitrogens is 1. The average molecular weight is 263 g/mol. The van der Waals surface area contributed by atoms with E-state index in [1.54, 1.807) is 13.8 Å². The minimum absolute atomic E-state index is 0.0440. The van der Waals surface area contributed by atoms with E-state index in [9.17, 15) is 18.5 Å². The van der Waals surface area contributed by atoms with E-state index in [1.807, 2.05) is 5.10 Å². The first-order valence-corrected chi connectivity index (χ1v) is 6.08. The fraction of sp³-hybridized carbons (Fsp3) is 0.571. The van der Waals surface area contributed by atoms with Crippen molar-refractivity contribution in [3.05, 3.63) is 16.3 Å². The second kappa shape index (κ2) is 4.39. The molecule has 0 atom stereocenters. The van der Waals surface area contributed by atoms with E-state index in [0.29, 0.717) is 0 Å². The lowest BCUT2D eigenvalue weighted by atomic mass is 10.1. The number of aromatic nitrogens is 2. The Morgan fingerprint density at radius 2 is 2.24 bits per heavy atom. The van der Waals surface area contributed by atoms with Crippen molar-refractivity contribution in [2.75, 3.05) is 6.54 Å². The molecular formula is C7H13N5O4S. The van der Waals surface area contributed by atoms with Crippen molar-refractivity contribution in [1.82, 2.24) is 14.9 Å². The van der Waals surface area contributed by atoms with Crippen LogP contribution in [0.5, 0.6) is 0 Å². The van der Waals surface area contributed by atoms with Crippen LogP contribution in [0.3, 0.4) is 0 Å². The van der Waals surface area contributed by atoms with Crippen LogP contribution >= 0.6 is 0 Å². The Morgan fingerprint density at radius 3 is 2.71 bits per heavy atom. The molecule has 0 fully saturated rings. The van der Waals surface area contributed by atoms with Gasteiger partial charge in [0.2, 0.25) is 0 Å². The molecule has 96 valence electrons. The number of nitro groups is 1. The first-order chi connectivity index (χ1) is 7.63. The Morgan fingerprint density at radius 1 is 1.65 bits per heavy atom. The van der Waals surface area contributed by atoms with Crippen molar-refractivity contribution in [2.45, 2.75) is 24.3 Å². The van der Waals surface area contributed by atoms with Gasteiger partial charge in [0.1, 0.15) is 0 Å². The summed E-state index contributed by atoms with van der Waals surface area (Å²) in [5, 5.41) is 15.9. The van der Waals surface area contributed by atoms with Crippen LogP contribution in [-0.4, -0.2) is 35.6 Å². The number of sulfonamides is 1. The Bertz CT molecular complexity index is 515. The topological polar surface area (TPSA) is 144 Å². The van der Waals surface area contributed by atoms with E-state index in [4.69, 9.17) is 5.73 Å². The molecule has 1 aromatic heterocycles. The maximum absolute atomic E-state index is 11.7. The first-order valence-electron chi connectivity index (χ1n) is 4.60. The molecule has 9 nitrogen and oxygen atoms in total. The Kier molecular flexibility index (Phi) is 3.50. The summed E-state index contributed by atoms with van der Waals surface area (Å²) >= 11 is 0. The van der Waals surface area contributed by atoms with Gasteiger partial charge in [0.15, 0.2) is 4.90 Å². The van der Waals surface area contributed by atoms with E-state index < -0.39 is 31.2 Å². The molecule has 0 saturated heterocycles. The molecule has 4 N–H and O–H groups in total. The molecule has 0 spiro atoms. The highest BCUT2D eigenvalue weighted by Crippen LogP contribution is 2.19. The van der Waals surface area contributed by atoms with E-state index in [-0.39, 0.29) is 6.54 Å². The fourth-order valence-electron chi connectivity index (χ4n) is 0.955. The fourth-order valence-corrected chi connectivity index (χ4v) is 2.24. The molecular weight excluding hydrogens is 250 g/mol. The van der Waals surface area contributed by atoms with Crippen LogP contribution in [0.25, 0.3) is 0 Å². The van der Waals surface area contributed by atoms with Gasteiger partial charge in [-0.15, -0.1) is 5.10 Å². The Labute approximate surface area is 97.6 Å². The number of nitrogens with one attached hydrogen (secondary N) is 2. The minimum Gasteiger partial charge on any atom is -0.358 e. The highest BCUT2D eigenvalue weighted by Gasteiger charge is 2.28. The summed E-state index contributed by atoms with van der Waals surface area (Å²) in [6.45, 7) is 3.20. The maximum Gasteiger partial charge on any atom is 0.362 e. The number of nitrogens with zero attached hydrogens (tertiary/aromatic N) is 2. The zero-order chi connectivity index (χ0) is 13.3. The molecule has 10 heteroatoms. The number of hydrogen-bond donors (Lipinski definition) is 3. The molecule has 1 rings (SSSR count). The molecule has 0 saturated carbocycles. The monoisotopic (exact) mass is 263 g/mol. The van der Waals surface area contributed by atoms with E-state index in [0.717, 1.165) is 6.20 Å². The van der Waals surface area contributed by atoms with Gasteiger partial charge in [0, 0.05) is 12.1 Å². The summed E-state index contributed by atoms with van der Waals surface area (Å²) in [5.74, 6) is -0.674. The highest BCUT2D eigenvalue weighted by atomic mass is 32.2. The predicted molar refractivity (Wildman–Crippen MR) is 58.7 cm³/mol. The van der Waals surface area contributed by atoms with Gasteiger partial charge < -0.3 is 15.8 Å². The van der Waals surface area contributed by atoms with Crippen molar-refractivity contribution < 1.29 is 13.3 Å². The van der Waals surface area contributed by atoms with Gasteiger partial charge in [0.05, 0.1) is 6.20 Å². The van der Waals surface area contributed by atoms with Gasteiger partial charge >= 0.3 is 5.82 Å². The van der Waals surface area contributed by atoms with Gasteiger partial charge in [0.25, 0.3) is 10.0 Å². The number of nitrogens with two attached hydrogens (primary N) is 1. The third-order valence-electron chi connectivity index (χ3n) is 1.78. The van der Waals surface area contributed by atoms with Gasteiger partial charge in [-0.25, -0.2) is 13.1 Å². The summed E-state index contributed by atoms with van der Waals surface area (Å²) in [7, 11) is -3.99. The summed E-state index contributed by atoms with van der Waals surface area (Å²) < 4.78 is 25.6. The molecule has 17 heavy (non-hydrogen) atoms. The largest absolute Gasteiger partial charge is 0.362 e. The average Bonchev–Trinajstić information content (AvgIpc) is 2.62. The second-order valence-electron chi connectivity index (χ2n) is 4.15. The molecule has 0 amide bonds. The second-order valence-corrected chi connectivity index (χ2v) is 5.89. The molecule has 0 bridgehead atoms. The Hall–Kier alpha value is -1.52.